The third-order valence-electron chi connectivity index (χ3n) is 9.90. The maximum Gasteiger partial charge on any atom is 0.160 e. The van der Waals surface area contributed by atoms with E-state index < -0.39 is 0 Å². The zero-order chi connectivity index (χ0) is 23.7. The lowest BCUT2D eigenvalue weighted by atomic mass is 9.78. The molecule has 0 aromatic heterocycles. The molecule has 0 N–H and O–H groups in total. The molecule has 3 saturated heterocycles. The second-order valence-corrected chi connectivity index (χ2v) is 11.6. The van der Waals surface area contributed by atoms with Gasteiger partial charge in [0.2, 0.25) is 0 Å². The monoisotopic (exact) mass is 454 g/mol. The highest BCUT2D eigenvalue weighted by Gasteiger charge is 2.43. The van der Waals surface area contributed by atoms with Crippen molar-refractivity contribution < 1.29 is 23.7 Å². The highest BCUT2D eigenvalue weighted by molar-refractivity contribution is 4.86. The molecule has 0 saturated carbocycles. The van der Waals surface area contributed by atoms with Crippen LogP contribution in [-0.4, -0.2) is 50.7 Å². The molecule has 14 unspecified atom stereocenters. The third kappa shape index (κ3) is 5.54. The van der Waals surface area contributed by atoms with E-state index in [9.17, 15) is 0 Å². The Kier molecular flexibility index (Phi) is 9.10. The van der Waals surface area contributed by atoms with Crippen LogP contribution < -0.4 is 0 Å². The Balaban J connectivity index is 1.56. The summed E-state index contributed by atoms with van der Waals surface area (Å²) in [6.07, 6.45) is -0.0178. The normalized spacial score (nSPS) is 52.7. The predicted octanol–water partition coefficient (Wildman–Crippen LogP) is 5.61. The van der Waals surface area contributed by atoms with Gasteiger partial charge in [-0.3, -0.25) is 0 Å². The minimum Gasteiger partial charge on any atom is -0.375 e. The molecule has 5 nitrogen and oxygen atoms in total. The van der Waals surface area contributed by atoms with Crippen LogP contribution in [0.2, 0.25) is 0 Å². The molecule has 5 heteroatoms. The molecule has 0 aromatic carbocycles. The van der Waals surface area contributed by atoms with Crippen LogP contribution in [0.1, 0.15) is 69.2 Å². The average Bonchev–Trinajstić information content (AvgIpc) is 2.77. The summed E-state index contributed by atoms with van der Waals surface area (Å²) in [6, 6.07) is 0. The van der Waals surface area contributed by atoms with Gasteiger partial charge in [0.05, 0.1) is 31.5 Å². The van der Waals surface area contributed by atoms with Crippen molar-refractivity contribution in [3.63, 3.8) is 0 Å². The Morgan fingerprint density at radius 2 is 1.03 bits per heavy atom. The van der Waals surface area contributed by atoms with Crippen molar-refractivity contribution >= 4 is 0 Å². The fourth-order valence-corrected chi connectivity index (χ4v) is 5.69. The van der Waals surface area contributed by atoms with Crippen molar-refractivity contribution in [2.75, 3.05) is 19.8 Å². The Labute approximate surface area is 197 Å². The second kappa shape index (κ2) is 11.0. The molecule has 32 heavy (non-hydrogen) atoms. The summed E-state index contributed by atoms with van der Waals surface area (Å²) in [4.78, 5) is 0. The molecule has 3 aliphatic heterocycles. The average molecular weight is 455 g/mol. The van der Waals surface area contributed by atoms with Gasteiger partial charge in [0, 0.05) is 18.4 Å². The first-order valence-electron chi connectivity index (χ1n) is 13.2. The van der Waals surface area contributed by atoms with Gasteiger partial charge in [0.25, 0.3) is 0 Å². The van der Waals surface area contributed by atoms with Crippen LogP contribution in [0.25, 0.3) is 0 Å². The van der Waals surface area contributed by atoms with Crippen molar-refractivity contribution in [1.29, 1.82) is 0 Å². The van der Waals surface area contributed by atoms with Crippen molar-refractivity contribution in [3.8, 4) is 0 Å². The van der Waals surface area contributed by atoms with Crippen LogP contribution in [0.15, 0.2) is 0 Å². The summed E-state index contributed by atoms with van der Waals surface area (Å²) in [5.74, 6) is 4.47. The summed E-state index contributed by atoms with van der Waals surface area (Å²) in [7, 11) is 0. The molecule has 3 heterocycles. The van der Waals surface area contributed by atoms with Gasteiger partial charge >= 0.3 is 0 Å². The quantitative estimate of drug-likeness (QED) is 0.522. The molecule has 3 rings (SSSR count). The van der Waals surface area contributed by atoms with E-state index in [1.54, 1.807) is 0 Å². The number of rotatable bonds is 6. The number of hydrogen-bond acceptors (Lipinski definition) is 5. The lowest BCUT2D eigenvalue weighted by Gasteiger charge is -2.46. The van der Waals surface area contributed by atoms with E-state index in [0.29, 0.717) is 66.5 Å². The lowest BCUT2D eigenvalue weighted by molar-refractivity contribution is -0.293. The molecule has 0 radical (unpaired) electrons. The minimum absolute atomic E-state index is 0.00982. The highest BCUT2D eigenvalue weighted by atomic mass is 16.7. The van der Waals surface area contributed by atoms with Gasteiger partial charge in [-0.2, -0.15) is 0 Å². The summed E-state index contributed by atoms with van der Waals surface area (Å²) < 4.78 is 31.5. The summed E-state index contributed by atoms with van der Waals surface area (Å²) in [5.41, 5.74) is 0. The van der Waals surface area contributed by atoms with E-state index in [1.165, 1.54) is 0 Å². The SMILES string of the molecule is CC1COC(COC2OC(COC3OC(C)C(C)C(C)C3C)C(C)C(C)C2C)C(C)C1C. The largest absolute Gasteiger partial charge is 0.375 e. The van der Waals surface area contributed by atoms with E-state index in [-0.39, 0.29) is 30.9 Å². The fourth-order valence-electron chi connectivity index (χ4n) is 5.69. The van der Waals surface area contributed by atoms with Gasteiger partial charge in [-0.25, -0.2) is 0 Å². The topological polar surface area (TPSA) is 46.2 Å². The first kappa shape index (κ1) is 26.4. The zero-order valence-corrected chi connectivity index (χ0v) is 22.2. The standard InChI is InChI=1S/C27H50O5/c1-14-11-28-24(19(6)15(14)2)12-29-27-22(9)17(4)20(7)25(32-27)13-30-26-21(8)16(3)18(5)23(10)31-26/h14-27H,11-13H2,1-10H3. The second-order valence-electron chi connectivity index (χ2n) is 11.6. The van der Waals surface area contributed by atoms with Gasteiger partial charge in [0.1, 0.15) is 0 Å². The summed E-state index contributed by atoms with van der Waals surface area (Å²) >= 11 is 0. The maximum atomic E-state index is 6.50. The highest BCUT2D eigenvalue weighted by Crippen LogP contribution is 2.39. The zero-order valence-electron chi connectivity index (χ0n) is 22.2. The minimum atomic E-state index is -0.220. The lowest BCUT2D eigenvalue weighted by Crippen LogP contribution is -2.51. The van der Waals surface area contributed by atoms with Crippen LogP contribution in [-0.2, 0) is 23.7 Å². The molecule has 3 aliphatic rings. The summed E-state index contributed by atoms with van der Waals surface area (Å²) in [5, 5.41) is 0. The van der Waals surface area contributed by atoms with Gasteiger partial charge in [-0.15, -0.1) is 0 Å². The Hall–Kier alpha value is -0.200. The molecule has 188 valence electrons. The Bertz CT molecular complexity index is 584. The Morgan fingerprint density at radius 3 is 1.66 bits per heavy atom. The Morgan fingerprint density at radius 1 is 0.531 bits per heavy atom. The van der Waals surface area contributed by atoms with E-state index in [1.807, 2.05) is 0 Å². The molecule has 0 amide bonds. The molecule has 0 spiro atoms. The molecular weight excluding hydrogens is 404 g/mol. The van der Waals surface area contributed by atoms with E-state index in [4.69, 9.17) is 23.7 Å². The van der Waals surface area contributed by atoms with Crippen LogP contribution in [0.4, 0.5) is 0 Å². The van der Waals surface area contributed by atoms with Crippen molar-refractivity contribution in [1.82, 2.24) is 0 Å². The van der Waals surface area contributed by atoms with Crippen molar-refractivity contribution in [2.45, 2.75) is 100 Å². The van der Waals surface area contributed by atoms with E-state index in [0.717, 1.165) is 6.61 Å². The van der Waals surface area contributed by atoms with Gasteiger partial charge in [0.15, 0.2) is 12.6 Å². The smallest absolute Gasteiger partial charge is 0.160 e. The third-order valence-corrected chi connectivity index (χ3v) is 9.90. The fraction of sp³-hybridized carbons (Fsp3) is 1.00. The number of hydrogen-bond donors (Lipinski definition) is 0. The van der Waals surface area contributed by atoms with Crippen LogP contribution in [0.3, 0.4) is 0 Å². The molecular formula is C27H50O5. The molecule has 14 atom stereocenters. The van der Waals surface area contributed by atoms with Crippen molar-refractivity contribution in [3.05, 3.63) is 0 Å². The molecule has 0 bridgehead atoms. The summed E-state index contributed by atoms with van der Waals surface area (Å²) in [6.45, 7) is 24.7. The number of ether oxygens (including phenoxy) is 5. The first-order chi connectivity index (χ1) is 15.0. The van der Waals surface area contributed by atoms with Crippen molar-refractivity contribution in [2.24, 2.45) is 53.3 Å². The molecule has 3 fully saturated rings. The van der Waals surface area contributed by atoms with Crippen LogP contribution >= 0.6 is 0 Å². The maximum absolute atomic E-state index is 6.50. The van der Waals surface area contributed by atoms with Crippen LogP contribution in [0.5, 0.6) is 0 Å². The van der Waals surface area contributed by atoms with E-state index >= 15 is 0 Å². The van der Waals surface area contributed by atoms with Gasteiger partial charge < -0.3 is 23.7 Å². The molecule has 0 aliphatic carbocycles. The molecule has 0 aromatic rings. The van der Waals surface area contributed by atoms with Crippen LogP contribution in [0, 0.1) is 53.3 Å². The van der Waals surface area contributed by atoms with Gasteiger partial charge in [-0.1, -0.05) is 62.3 Å². The van der Waals surface area contributed by atoms with E-state index in [2.05, 4.69) is 69.2 Å². The first-order valence-corrected chi connectivity index (χ1v) is 13.2. The predicted molar refractivity (Wildman–Crippen MR) is 127 cm³/mol. The van der Waals surface area contributed by atoms with Gasteiger partial charge in [-0.05, 0) is 48.3 Å².